The number of rotatable bonds is 0. The lowest BCUT2D eigenvalue weighted by molar-refractivity contribution is 0.0933. The fraction of sp³-hybridized carbons (Fsp3) is 0.857. The summed E-state index contributed by atoms with van der Waals surface area (Å²) in [5.41, 5.74) is 0. The highest BCUT2D eigenvalue weighted by atomic mass is 16.5. The molecule has 1 saturated heterocycles. The van der Waals surface area contributed by atoms with E-state index in [0.29, 0.717) is 6.04 Å². The normalized spacial score (nSPS) is 20.6. The Morgan fingerprint density at radius 3 is 2.67 bits per heavy atom. The highest BCUT2D eigenvalue weighted by Crippen LogP contribution is 2.09. The Balaban J connectivity index is 2.28. The SMILES string of the molecule is CC#[N+]C1CCOCC1. The monoisotopic (exact) mass is 126 g/mol. The first-order valence-corrected chi connectivity index (χ1v) is 3.38. The molecule has 0 aromatic carbocycles. The van der Waals surface area contributed by atoms with Crippen molar-refractivity contribution in [1.29, 1.82) is 0 Å². The van der Waals surface area contributed by atoms with Gasteiger partial charge in [-0.1, -0.05) is 4.85 Å². The molecule has 1 aliphatic heterocycles. The molecule has 2 nitrogen and oxygen atoms in total. The van der Waals surface area contributed by atoms with Gasteiger partial charge in [-0.15, -0.1) is 0 Å². The Hall–Kier alpha value is -0.550. The van der Waals surface area contributed by atoms with Gasteiger partial charge in [0.15, 0.2) is 0 Å². The van der Waals surface area contributed by atoms with Crippen LogP contribution in [0.5, 0.6) is 0 Å². The molecule has 0 aliphatic carbocycles. The maximum Gasteiger partial charge on any atom is 0.276 e. The van der Waals surface area contributed by atoms with E-state index in [1.807, 2.05) is 6.92 Å². The van der Waals surface area contributed by atoms with Crippen molar-refractivity contribution in [3.05, 3.63) is 4.85 Å². The summed E-state index contributed by atoms with van der Waals surface area (Å²) in [5.74, 6) is 0. The Morgan fingerprint density at radius 1 is 1.44 bits per heavy atom. The third-order valence-corrected chi connectivity index (χ3v) is 1.50. The number of nitrogens with zero attached hydrogens (tertiary/aromatic N) is 1. The summed E-state index contributed by atoms with van der Waals surface area (Å²) in [7, 11) is 0. The summed E-state index contributed by atoms with van der Waals surface area (Å²) in [5, 5.41) is 0. The molecule has 1 rings (SSSR count). The lowest BCUT2D eigenvalue weighted by Crippen LogP contribution is -2.16. The van der Waals surface area contributed by atoms with Crippen molar-refractivity contribution < 1.29 is 4.74 Å². The maximum absolute atomic E-state index is 5.16. The summed E-state index contributed by atoms with van der Waals surface area (Å²) < 4.78 is 5.16. The van der Waals surface area contributed by atoms with Crippen molar-refractivity contribution in [2.45, 2.75) is 25.8 Å². The second-order valence-electron chi connectivity index (χ2n) is 2.20. The van der Waals surface area contributed by atoms with Crippen LogP contribution in [-0.2, 0) is 4.74 Å². The molecule has 0 aromatic rings. The average Bonchev–Trinajstić information content (AvgIpc) is 1.91. The first-order chi connectivity index (χ1) is 4.43. The zero-order valence-electron chi connectivity index (χ0n) is 5.76. The fourth-order valence-corrected chi connectivity index (χ4v) is 0.997. The van der Waals surface area contributed by atoms with Gasteiger partial charge in [0.2, 0.25) is 0 Å². The highest BCUT2D eigenvalue weighted by Gasteiger charge is 2.19. The van der Waals surface area contributed by atoms with E-state index in [2.05, 4.69) is 10.9 Å². The predicted octanol–water partition coefficient (Wildman–Crippen LogP) is 1.52. The van der Waals surface area contributed by atoms with Crippen molar-refractivity contribution in [3.63, 3.8) is 0 Å². The summed E-state index contributed by atoms with van der Waals surface area (Å²) in [6.45, 7) is 3.58. The number of ether oxygens (including phenoxy) is 1. The third kappa shape index (κ3) is 2.03. The molecule has 1 heterocycles. The first kappa shape index (κ1) is 6.57. The lowest BCUT2D eigenvalue weighted by Gasteiger charge is -2.08. The van der Waals surface area contributed by atoms with Gasteiger partial charge in [0.1, 0.15) is 0 Å². The first-order valence-electron chi connectivity index (χ1n) is 3.38. The van der Waals surface area contributed by atoms with Crippen LogP contribution in [0.25, 0.3) is 4.85 Å². The van der Waals surface area contributed by atoms with E-state index in [1.165, 1.54) is 0 Å². The Morgan fingerprint density at radius 2 is 2.11 bits per heavy atom. The van der Waals surface area contributed by atoms with Gasteiger partial charge in [0.05, 0.1) is 33.0 Å². The Bertz CT molecular complexity index is 128. The average molecular weight is 126 g/mol. The van der Waals surface area contributed by atoms with Crippen molar-refractivity contribution in [2.75, 3.05) is 13.2 Å². The van der Waals surface area contributed by atoms with Crippen molar-refractivity contribution in [3.8, 4) is 6.07 Å². The van der Waals surface area contributed by atoms with Gasteiger partial charge >= 0.3 is 0 Å². The number of hydrogen-bond donors (Lipinski definition) is 0. The van der Waals surface area contributed by atoms with Crippen LogP contribution in [0.4, 0.5) is 0 Å². The van der Waals surface area contributed by atoms with Gasteiger partial charge in [0, 0.05) is 0 Å². The molecule has 0 unspecified atom stereocenters. The van der Waals surface area contributed by atoms with Crippen LogP contribution in [0.1, 0.15) is 19.8 Å². The van der Waals surface area contributed by atoms with Crippen LogP contribution in [-0.4, -0.2) is 19.3 Å². The van der Waals surface area contributed by atoms with Crippen molar-refractivity contribution in [1.82, 2.24) is 0 Å². The standard InChI is InChI=1S/C7H12NO/c1-2-8-7-3-5-9-6-4-7/h7H,3-6H2,1H3/q+1. The minimum atomic E-state index is 0.490. The molecule has 1 aliphatic rings. The molecule has 9 heavy (non-hydrogen) atoms. The van der Waals surface area contributed by atoms with E-state index in [9.17, 15) is 0 Å². The highest BCUT2D eigenvalue weighted by molar-refractivity contribution is 4.90. The molecular formula is C7H12NO+. The van der Waals surface area contributed by atoms with Crippen LogP contribution in [0.2, 0.25) is 0 Å². The van der Waals surface area contributed by atoms with Crippen LogP contribution in [0.15, 0.2) is 0 Å². The summed E-state index contributed by atoms with van der Waals surface area (Å²) in [4.78, 5) is 4.15. The Kier molecular flexibility index (Phi) is 2.53. The van der Waals surface area contributed by atoms with E-state index < -0.39 is 0 Å². The zero-order chi connectivity index (χ0) is 6.53. The van der Waals surface area contributed by atoms with E-state index in [1.54, 1.807) is 0 Å². The van der Waals surface area contributed by atoms with E-state index in [-0.39, 0.29) is 0 Å². The summed E-state index contributed by atoms with van der Waals surface area (Å²) in [6, 6.07) is 3.30. The quantitative estimate of drug-likeness (QED) is 0.479. The van der Waals surface area contributed by atoms with Crippen molar-refractivity contribution >= 4 is 0 Å². The van der Waals surface area contributed by atoms with Crippen LogP contribution >= 0.6 is 0 Å². The second-order valence-corrected chi connectivity index (χ2v) is 2.20. The molecule has 0 amide bonds. The van der Waals surface area contributed by atoms with Gasteiger partial charge in [-0.3, -0.25) is 0 Å². The summed E-state index contributed by atoms with van der Waals surface area (Å²) >= 11 is 0. The topological polar surface area (TPSA) is 13.6 Å². The fourth-order valence-electron chi connectivity index (χ4n) is 0.997. The largest absolute Gasteiger partial charge is 0.381 e. The van der Waals surface area contributed by atoms with Crippen LogP contribution in [0.3, 0.4) is 0 Å². The molecule has 50 valence electrons. The van der Waals surface area contributed by atoms with E-state index >= 15 is 0 Å². The van der Waals surface area contributed by atoms with Crippen molar-refractivity contribution in [2.24, 2.45) is 0 Å². The smallest absolute Gasteiger partial charge is 0.276 e. The minimum Gasteiger partial charge on any atom is -0.381 e. The van der Waals surface area contributed by atoms with E-state index in [0.717, 1.165) is 26.1 Å². The molecular weight excluding hydrogens is 114 g/mol. The van der Waals surface area contributed by atoms with Gasteiger partial charge in [-0.25, -0.2) is 0 Å². The number of hydrogen-bond acceptors (Lipinski definition) is 1. The molecule has 0 N–H and O–H groups in total. The molecule has 2 heteroatoms. The molecule has 0 atom stereocenters. The minimum absolute atomic E-state index is 0.490. The molecule has 0 saturated carbocycles. The molecule has 1 fully saturated rings. The zero-order valence-corrected chi connectivity index (χ0v) is 5.76. The molecule has 0 aromatic heterocycles. The Labute approximate surface area is 55.6 Å². The van der Waals surface area contributed by atoms with E-state index in [4.69, 9.17) is 4.74 Å². The molecule has 0 radical (unpaired) electrons. The maximum atomic E-state index is 5.16. The summed E-state index contributed by atoms with van der Waals surface area (Å²) in [6.07, 6.45) is 2.14. The van der Waals surface area contributed by atoms with Gasteiger partial charge in [-0.05, 0) is 0 Å². The molecule has 0 bridgehead atoms. The van der Waals surface area contributed by atoms with Crippen LogP contribution < -0.4 is 0 Å². The van der Waals surface area contributed by atoms with Gasteiger partial charge < -0.3 is 4.74 Å². The lowest BCUT2D eigenvalue weighted by atomic mass is 10.1. The van der Waals surface area contributed by atoms with Crippen LogP contribution in [0, 0.1) is 6.07 Å². The predicted molar refractivity (Wildman–Crippen MR) is 36.8 cm³/mol. The second kappa shape index (κ2) is 3.47. The van der Waals surface area contributed by atoms with Gasteiger partial charge in [-0.2, -0.15) is 0 Å². The molecule has 0 spiro atoms. The third-order valence-electron chi connectivity index (χ3n) is 1.50. The van der Waals surface area contributed by atoms with Gasteiger partial charge in [0.25, 0.3) is 12.1 Å².